The number of carbonyl (C=O) groups excluding carboxylic acids is 2. The molecule has 0 aliphatic heterocycles. The molecule has 0 aliphatic rings. The van der Waals surface area contributed by atoms with E-state index in [1.807, 2.05) is 26.0 Å². The highest BCUT2D eigenvalue weighted by Gasteiger charge is 2.06. The Balaban J connectivity index is 1.74. The summed E-state index contributed by atoms with van der Waals surface area (Å²) in [5, 5.41) is 17.2. The lowest BCUT2D eigenvalue weighted by Gasteiger charge is -2.11. The van der Waals surface area contributed by atoms with Crippen molar-refractivity contribution in [3.8, 4) is 0 Å². The fourth-order valence-corrected chi connectivity index (χ4v) is 2.50. The monoisotopic (exact) mass is 383 g/mol. The maximum absolute atomic E-state index is 12.0. The Kier molecular flexibility index (Phi) is 7.56. The molecule has 0 bridgehead atoms. The van der Waals surface area contributed by atoms with E-state index in [1.54, 1.807) is 24.3 Å². The number of amides is 3. The molecule has 7 heteroatoms. The molecule has 0 saturated carbocycles. The lowest BCUT2D eigenvalue weighted by Crippen LogP contribution is -2.34. The number of nitrogens with one attached hydrogen (secondary N) is 3. The molecule has 4 N–H and O–H groups in total. The molecular formula is C21H25N3O4. The fraction of sp³-hybridized carbons (Fsp3) is 0.286. The van der Waals surface area contributed by atoms with Crippen LogP contribution in [-0.2, 0) is 17.8 Å². The Labute approximate surface area is 164 Å². The van der Waals surface area contributed by atoms with E-state index < -0.39 is 5.97 Å². The number of benzene rings is 2. The largest absolute Gasteiger partial charge is 0.478 e. The Bertz CT molecular complexity index is 815. The maximum Gasteiger partial charge on any atom is 0.335 e. The summed E-state index contributed by atoms with van der Waals surface area (Å²) in [4.78, 5) is 34.5. The van der Waals surface area contributed by atoms with Gasteiger partial charge in [0.05, 0.1) is 5.56 Å². The van der Waals surface area contributed by atoms with E-state index in [0.29, 0.717) is 25.1 Å². The zero-order valence-corrected chi connectivity index (χ0v) is 16.0. The molecule has 0 aromatic heterocycles. The van der Waals surface area contributed by atoms with Crippen molar-refractivity contribution in [3.05, 3.63) is 65.2 Å². The average Bonchev–Trinajstić information content (AvgIpc) is 2.65. The van der Waals surface area contributed by atoms with Gasteiger partial charge in [-0.05, 0) is 55.7 Å². The predicted octanol–water partition coefficient (Wildman–Crippen LogP) is 3.16. The van der Waals surface area contributed by atoms with Crippen molar-refractivity contribution in [2.75, 3.05) is 5.32 Å². The van der Waals surface area contributed by atoms with Crippen molar-refractivity contribution in [3.63, 3.8) is 0 Å². The van der Waals surface area contributed by atoms with Gasteiger partial charge in [0.1, 0.15) is 0 Å². The van der Waals surface area contributed by atoms with Gasteiger partial charge in [-0.2, -0.15) is 0 Å². The van der Waals surface area contributed by atoms with Crippen LogP contribution >= 0.6 is 0 Å². The number of urea groups is 1. The van der Waals surface area contributed by atoms with Gasteiger partial charge in [0, 0.05) is 24.7 Å². The summed E-state index contributed by atoms with van der Waals surface area (Å²) in [5.74, 6) is -1.05. The zero-order chi connectivity index (χ0) is 20.5. The highest BCUT2D eigenvalue weighted by Crippen LogP contribution is 2.10. The van der Waals surface area contributed by atoms with Crippen LogP contribution in [0.1, 0.15) is 41.8 Å². The molecule has 2 rings (SSSR count). The predicted molar refractivity (Wildman–Crippen MR) is 107 cm³/mol. The van der Waals surface area contributed by atoms with E-state index in [9.17, 15) is 14.4 Å². The number of carbonyl (C=O) groups is 3. The molecule has 2 aromatic carbocycles. The van der Waals surface area contributed by atoms with E-state index in [2.05, 4.69) is 16.0 Å². The molecule has 0 aliphatic carbocycles. The number of anilines is 1. The second-order valence-corrected chi connectivity index (χ2v) is 6.73. The van der Waals surface area contributed by atoms with E-state index >= 15 is 0 Å². The first-order valence-electron chi connectivity index (χ1n) is 9.09. The number of carboxylic acid groups (broad SMARTS) is 1. The third-order valence-electron chi connectivity index (χ3n) is 3.96. The van der Waals surface area contributed by atoms with Gasteiger partial charge in [0.2, 0.25) is 5.91 Å². The summed E-state index contributed by atoms with van der Waals surface area (Å²) < 4.78 is 0. The number of hydrogen-bond acceptors (Lipinski definition) is 3. The first-order valence-corrected chi connectivity index (χ1v) is 9.09. The Morgan fingerprint density at radius 3 is 2.11 bits per heavy atom. The minimum Gasteiger partial charge on any atom is -0.478 e. The summed E-state index contributed by atoms with van der Waals surface area (Å²) in [6.07, 6.45) is 0.862. The molecule has 0 unspecified atom stereocenters. The van der Waals surface area contributed by atoms with Crippen molar-refractivity contribution in [1.29, 1.82) is 0 Å². The number of aryl methyl sites for hydroxylation is 1. The van der Waals surface area contributed by atoms with Crippen molar-refractivity contribution in [2.45, 2.75) is 39.3 Å². The SMILES string of the molecule is CC(C)NC(=O)Nc1ccc(CNC(=O)CCc2ccc(C(=O)O)cc2)cc1. The first kappa shape index (κ1) is 21.0. The number of rotatable bonds is 8. The first-order chi connectivity index (χ1) is 13.3. The van der Waals surface area contributed by atoms with Gasteiger partial charge in [0.25, 0.3) is 0 Å². The molecule has 0 saturated heterocycles. The number of hydrogen-bond donors (Lipinski definition) is 4. The van der Waals surface area contributed by atoms with Gasteiger partial charge in [-0.1, -0.05) is 24.3 Å². The van der Waals surface area contributed by atoms with Crippen molar-refractivity contribution in [2.24, 2.45) is 0 Å². The lowest BCUT2D eigenvalue weighted by molar-refractivity contribution is -0.121. The van der Waals surface area contributed by atoms with Crippen LogP contribution in [0.4, 0.5) is 10.5 Å². The van der Waals surface area contributed by atoms with Crippen LogP contribution in [0.5, 0.6) is 0 Å². The van der Waals surface area contributed by atoms with Crippen LogP contribution in [0.3, 0.4) is 0 Å². The van der Waals surface area contributed by atoms with E-state index in [0.717, 1.165) is 11.1 Å². The smallest absolute Gasteiger partial charge is 0.335 e. The molecule has 3 amide bonds. The molecule has 2 aromatic rings. The zero-order valence-electron chi connectivity index (χ0n) is 16.0. The summed E-state index contributed by atoms with van der Waals surface area (Å²) in [6, 6.07) is 13.6. The van der Waals surface area contributed by atoms with Crippen molar-refractivity contribution >= 4 is 23.6 Å². The molecule has 0 fully saturated rings. The van der Waals surface area contributed by atoms with Crippen LogP contribution in [0.2, 0.25) is 0 Å². The Hall–Kier alpha value is -3.35. The van der Waals surface area contributed by atoms with Crippen LogP contribution < -0.4 is 16.0 Å². The summed E-state index contributed by atoms with van der Waals surface area (Å²) in [6.45, 7) is 4.17. The quantitative estimate of drug-likeness (QED) is 0.561. The van der Waals surface area contributed by atoms with E-state index in [4.69, 9.17) is 5.11 Å². The minimum absolute atomic E-state index is 0.0598. The van der Waals surface area contributed by atoms with Gasteiger partial charge < -0.3 is 21.1 Å². The van der Waals surface area contributed by atoms with E-state index in [-0.39, 0.29) is 23.5 Å². The lowest BCUT2D eigenvalue weighted by atomic mass is 10.1. The highest BCUT2D eigenvalue weighted by molar-refractivity contribution is 5.89. The van der Waals surface area contributed by atoms with E-state index in [1.165, 1.54) is 12.1 Å². The normalized spacial score (nSPS) is 10.4. The van der Waals surface area contributed by atoms with Crippen LogP contribution in [0.25, 0.3) is 0 Å². The molecule has 28 heavy (non-hydrogen) atoms. The second-order valence-electron chi connectivity index (χ2n) is 6.73. The molecule has 0 atom stereocenters. The minimum atomic E-state index is -0.967. The third-order valence-corrected chi connectivity index (χ3v) is 3.96. The van der Waals surface area contributed by atoms with Gasteiger partial charge in [-0.3, -0.25) is 4.79 Å². The molecule has 0 radical (unpaired) electrons. The Morgan fingerprint density at radius 2 is 1.54 bits per heavy atom. The second kappa shape index (κ2) is 10.1. The van der Waals surface area contributed by atoms with Crippen LogP contribution in [0.15, 0.2) is 48.5 Å². The molecule has 7 nitrogen and oxygen atoms in total. The topological polar surface area (TPSA) is 108 Å². The van der Waals surface area contributed by atoms with Crippen LogP contribution in [0, 0.1) is 0 Å². The van der Waals surface area contributed by atoms with Gasteiger partial charge in [0.15, 0.2) is 0 Å². The maximum atomic E-state index is 12.0. The summed E-state index contributed by atoms with van der Waals surface area (Å²) in [7, 11) is 0. The summed E-state index contributed by atoms with van der Waals surface area (Å²) >= 11 is 0. The highest BCUT2D eigenvalue weighted by atomic mass is 16.4. The van der Waals surface area contributed by atoms with Crippen molar-refractivity contribution in [1.82, 2.24) is 10.6 Å². The standard InChI is InChI=1S/C21H25N3O4/c1-14(2)23-21(28)24-18-10-5-16(6-11-18)13-22-19(25)12-7-15-3-8-17(9-4-15)20(26)27/h3-6,8-11,14H,7,12-13H2,1-2H3,(H,22,25)(H,26,27)(H2,23,24,28). The fourth-order valence-electron chi connectivity index (χ4n) is 2.50. The number of aromatic carboxylic acids is 1. The summed E-state index contributed by atoms with van der Waals surface area (Å²) in [5.41, 5.74) is 2.75. The van der Waals surface area contributed by atoms with Gasteiger partial charge >= 0.3 is 12.0 Å². The third kappa shape index (κ3) is 7.11. The van der Waals surface area contributed by atoms with Gasteiger partial charge in [-0.25, -0.2) is 9.59 Å². The number of carboxylic acids is 1. The van der Waals surface area contributed by atoms with Gasteiger partial charge in [-0.15, -0.1) is 0 Å². The molecule has 148 valence electrons. The van der Waals surface area contributed by atoms with Crippen molar-refractivity contribution < 1.29 is 19.5 Å². The Morgan fingerprint density at radius 1 is 0.929 bits per heavy atom. The molecule has 0 heterocycles. The molecular weight excluding hydrogens is 358 g/mol. The molecule has 0 spiro atoms. The average molecular weight is 383 g/mol. The van der Waals surface area contributed by atoms with Crippen LogP contribution in [-0.4, -0.2) is 29.1 Å².